The Labute approximate surface area is 89.4 Å². The van der Waals surface area contributed by atoms with Crippen LogP contribution in [0.2, 0.25) is 0 Å². The molecule has 0 radical (unpaired) electrons. The Morgan fingerprint density at radius 3 is 3.07 bits per heavy atom. The molecule has 0 spiro atoms. The number of piperidine rings is 1. The van der Waals surface area contributed by atoms with E-state index in [1.807, 2.05) is 0 Å². The number of rotatable bonds is 2. The number of hydrogen-bond donors (Lipinski definition) is 1. The van der Waals surface area contributed by atoms with Gasteiger partial charge in [-0.25, -0.2) is 0 Å². The predicted octanol–water partition coefficient (Wildman–Crippen LogP) is 0.712. The van der Waals surface area contributed by atoms with Gasteiger partial charge in [0.1, 0.15) is 5.92 Å². The van der Waals surface area contributed by atoms with E-state index >= 15 is 0 Å². The molecular formula is C11H17NO3. The molecular weight excluding hydrogens is 194 g/mol. The Morgan fingerprint density at radius 1 is 1.53 bits per heavy atom. The number of nitrogens with one attached hydrogen (secondary N) is 1. The normalized spacial score (nSPS) is 34.5. The van der Waals surface area contributed by atoms with Crippen molar-refractivity contribution in [2.75, 3.05) is 13.2 Å². The molecule has 0 aromatic heterocycles. The molecule has 2 fully saturated rings. The molecule has 1 aliphatic carbocycles. The van der Waals surface area contributed by atoms with Crippen molar-refractivity contribution >= 4 is 11.9 Å². The van der Waals surface area contributed by atoms with Crippen LogP contribution in [0.3, 0.4) is 0 Å². The summed E-state index contributed by atoms with van der Waals surface area (Å²) in [5, 5.41) is 2.80. The third kappa shape index (κ3) is 1.85. The zero-order valence-corrected chi connectivity index (χ0v) is 8.99. The number of hydrogen-bond acceptors (Lipinski definition) is 3. The summed E-state index contributed by atoms with van der Waals surface area (Å²) in [6.45, 7) is 2.85. The maximum absolute atomic E-state index is 11.7. The van der Waals surface area contributed by atoms with Crippen molar-refractivity contribution in [1.29, 1.82) is 0 Å². The van der Waals surface area contributed by atoms with E-state index in [1.54, 1.807) is 6.92 Å². The number of esters is 1. The predicted molar refractivity (Wildman–Crippen MR) is 54.0 cm³/mol. The first-order valence-electron chi connectivity index (χ1n) is 5.68. The van der Waals surface area contributed by atoms with Crippen molar-refractivity contribution in [3.05, 3.63) is 0 Å². The highest BCUT2D eigenvalue weighted by Crippen LogP contribution is 2.39. The number of fused-ring (bicyclic) bond motifs is 1. The molecule has 2 aliphatic rings. The third-order valence-electron chi connectivity index (χ3n) is 3.51. The van der Waals surface area contributed by atoms with Gasteiger partial charge in [0.2, 0.25) is 5.91 Å². The fourth-order valence-electron chi connectivity index (χ4n) is 2.81. The lowest BCUT2D eigenvalue weighted by Gasteiger charge is -2.31. The number of carbonyl (C=O) groups is 2. The van der Waals surface area contributed by atoms with Crippen LogP contribution in [0.1, 0.15) is 26.2 Å². The van der Waals surface area contributed by atoms with Gasteiger partial charge in [0.05, 0.1) is 6.61 Å². The van der Waals surface area contributed by atoms with Gasteiger partial charge in [-0.3, -0.25) is 9.59 Å². The fourth-order valence-corrected chi connectivity index (χ4v) is 2.81. The van der Waals surface area contributed by atoms with Gasteiger partial charge in [0.15, 0.2) is 0 Å². The zero-order chi connectivity index (χ0) is 10.8. The van der Waals surface area contributed by atoms with E-state index in [1.165, 1.54) is 0 Å². The first kappa shape index (κ1) is 10.5. The van der Waals surface area contributed by atoms with E-state index in [0.717, 1.165) is 25.8 Å². The topological polar surface area (TPSA) is 55.4 Å². The molecule has 1 saturated heterocycles. The van der Waals surface area contributed by atoms with E-state index in [2.05, 4.69) is 5.32 Å². The fraction of sp³-hybridized carbons (Fsp3) is 0.818. The Kier molecular flexibility index (Phi) is 2.93. The summed E-state index contributed by atoms with van der Waals surface area (Å²) >= 11 is 0. The van der Waals surface area contributed by atoms with E-state index in [0.29, 0.717) is 12.5 Å². The molecule has 0 bridgehead atoms. The van der Waals surface area contributed by atoms with Gasteiger partial charge < -0.3 is 10.1 Å². The summed E-state index contributed by atoms with van der Waals surface area (Å²) in [5.41, 5.74) is 0. The van der Waals surface area contributed by atoms with Gasteiger partial charge in [-0.2, -0.15) is 0 Å². The quantitative estimate of drug-likeness (QED) is 0.540. The van der Waals surface area contributed by atoms with E-state index in [9.17, 15) is 9.59 Å². The van der Waals surface area contributed by atoms with Crippen LogP contribution in [-0.4, -0.2) is 25.0 Å². The van der Waals surface area contributed by atoms with Gasteiger partial charge in [-0.15, -0.1) is 0 Å². The van der Waals surface area contributed by atoms with Crippen LogP contribution >= 0.6 is 0 Å². The second kappa shape index (κ2) is 4.21. The van der Waals surface area contributed by atoms with Crippen LogP contribution in [0.15, 0.2) is 0 Å². The minimum atomic E-state index is -0.550. The molecule has 84 valence electrons. The number of amides is 1. The summed E-state index contributed by atoms with van der Waals surface area (Å²) in [5.74, 6) is -0.329. The molecule has 1 saturated carbocycles. The largest absolute Gasteiger partial charge is 0.465 e. The van der Waals surface area contributed by atoms with Crippen LogP contribution in [0, 0.1) is 17.8 Å². The van der Waals surface area contributed by atoms with Crippen LogP contribution < -0.4 is 5.32 Å². The Bertz CT molecular complexity index is 277. The molecule has 1 heterocycles. The van der Waals surface area contributed by atoms with E-state index < -0.39 is 5.92 Å². The summed E-state index contributed by atoms with van der Waals surface area (Å²) in [6, 6.07) is 0. The molecule has 1 aliphatic heterocycles. The third-order valence-corrected chi connectivity index (χ3v) is 3.51. The van der Waals surface area contributed by atoms with Gasteiger partial charge in [-0.1, -0.05) is 6.42 Å². The maximum Gasteiger partial charge on any atom is 0.318 e. The summed E-state index contributed by atoms with van der Waals surface area (Å²) in [7, 11) is 0. The SMILES string of the molecule is CCOC(=O)[C@@H]1C(=O)NC[C@@H]2CCC[C@@H]21. The Balaban J connectivity index is 2.11. The first-order valence-corrected chi connectivity index (χ1v) is 5.68. The monoisotopic (exact) mass is 211 g/mol. The van der Waals surface area contributed by atoms with E-state index in [-0.39, 0.29) is 17.8 Å². The van der Waals surface area contributed by atoms with Gasteiger partial charge in [0.25, 0.3) is 0 Å². The molecule has 3 atom stereocenters. The van der Waals surface area contributed by atoms with Crippen LogP contribution in [0.25, 0.3) is 0 Å². The van der Waals surface area contributed by atoms with Crippen molar-refractivity contribution in [3.8, 4) is 0 Å². The molecule has 0 aromatic carbocycles. The lowest BCUT2D eigenvalue weighted by atomic mass is 9.80. The van der Waals surface area contributed by atoms with Crippen molar-refractivity contribution < 1.29 is 14.3 Å². The molecule has 0 unspecified atom stereocenters. The molecule has 1 amide bonds. The smallest absolute Gasteiger partial charge is 0.318 e. The molecule has 1 N–H and O–H groups in total. The summed E-state index contributed by atoms with van der Waals surface area (Å²) in [6.07, 6.45) is 3.24. The maximum atomic E-state index is 11.7. The van der Waals surface area contributed by atoms with Crippen molar-refractivity contribution in [3.63, 3.8) is 0 Å². The highest BCUT2D eigenvalue weighted by atomic mass is 16.5. The summed E-state index contributed by atoms with van der Waals surface area (Å²) in [4.78, 5) is 23.3. The minimum Gasteiger partial charge on any atom is -0.465 e. The van der Waals surface area contributed by atoms with Crippen LogP contribution in [-0.2, 0) is 14.3 Å². The number of ether oxygens (including phenoxy) is 1. The lowest BCUT2D eigenvalue weighted by Crippen LogP contribution is -2.49. The molecule has 4 heteroatoms. The van der Waals surface area contributed by atoms with Crippen molar-refractivity contribution in [2.24, 2.45) is 17.8 Å². The molecule has 0 aromatic rings. The highest BCUT2D eigenvalue weighted by Gasteiger charge is 2.45. The first-order chi connectivity index (χ1) is 7.24. The van der Waals surface area contributed by atoms with Crippen LogP contribution in [0.5, 0.6) is 0 Å². The standard InChI is InChI=1S/C11H17NO3/c1-2-15-11(14)9-8-5-3-4-7(8)6-12-10(9)13/h7-9H,2-6H2,1H3,(H,12,13)/t7-,8-,9-/m0/s1. The number of carbonyl (C=O) groups excluding carboxylic acids is 2. The Hall–Kier alpha value is -1.06. The highest BCUT2D eigenvalue weighted by molar-refractivity contribution is 5.98. The molecule has 4 nitrogen and oxygen atoms in total. The lowest BCUT2D eigenvalue weighted by molar-refractivity contribution is -0.156. The van der Waals surface area contributed by atoms with Crippen molar-refractivity contribution in [2.45, 2.75) is 26.2 Å². The average molecular weight is 211 g/mol. The van der Waals surface area contributed by atoms with Gasteiger partial charge in [-0.05, 0) is 31.6 Å². The van der Waals surface area contributed by atoms with E-state index in [4.69, 9.17) is 4.74 Å². The zero-order valence-electron chi connectivity index (χ0n) is 8.99. The van der Waals surface area contributed by atoms with Gasteiger partial charge in [0, 0.05) is 6.54 Å². The summed E-state index contributed by atoms with van der Waals surface area (Å²) < 4.78 is 4.96. The second-order valence-electron chi connectivity index (χ2n) is 4.33. The van der Waals surface area contributed by atoms with Crippen molar-refractivity contribution in [1.82, 2.24) is 5.32 Å². The Morgan fingerprint density at radius 2 is 2.33 bits per heavy atom. The molecule has 15 heavy (non-hydrogen) atoms. The molecule has 2 rings (SSSR count). The average Bonchev–Trinajstić information content (AvgIpc) is 2.65. The van der Waals surface area contributed by atoms with Gasteiger partial charge >= 0.3 is 5.97 Å². The second-order valence-corrected chi connectivity index (χ2v) is 4.33. The van der Waals surface area contributed by atoms with Crippen LogP contribution in [0.4, 0.5) is 0 Å². The minimum absolute atomic E-state index is 0.142.